The molecule has 1 N–H and O–H groups in total. The molecule has 2 aromatic heterocycles. The van der Waals surface area contributed by atoms with Crippen molar-refractivity contribution in [2.24, 2.45) is 0 Å². The van der Waals surface area contributed by atoms with Crippen LogP contribution in [0.15, 0.2) is 53.0 Å². The summed E-state index contributed by atoms with van der Waals surface area (Å²) in [5, 5.41) is 29.1. The van der Waals surface area contributed by atoms with E-state index >= 15 is 0 Å². The van der Waals surface area contributed by atoms with Crippen molar-refractivity contribution in [3.05, 3.63) is 87.4 Å². The van der Waals surface area contributed by atoms with Crippen molar-refractivity contribution >= 4 is 21.6 Å². The minimum atomic E-state index is 0. The van der Waals surface area contributed by atoms with Crippen LogP contribution in [0, 0.1) is 36.5 Å². The molecule has 0 unspecified atom stereocenters. The minimum absolute atomic E-state index is 0. The Morgan fingerprint density at radius 3 is 1.66 bits per heavy atom. The van der Waals surface area contributed by atoms with Gasteiger partial charge in [0.05, 0.1) is 13.1 Å². The number of nitrogens with zero attached hydrogens (tertiary/aromatic N) is 11. The second-order valence-corrected chi connectivity index (χ2v) is 12.1. The van der Waals surface area contributed by atoms with Crippen LogP contribution in [-0.4, -0.2) is 106 Å². The van der Waals surface area contributed by atoms with Crippen molar-refractivity contribution in [2.75, 3.05) is 71.4 Å². The van der Waals surface area contributed by atoms with Gasteiger partial charge in [-0.1, -0.05) is 55.0 Å². The molecule has 12 nitrogen and oxygen atoms in total. The molecular formula is C34H49BrN12. The zero-order valence-corrected chi connectivity index (χ0v) is 28.1. The third-order valence-corrected chi connectivity index (χ3v) is 8.08. The van der Waals surface area contributed by atoms with Crippen molar-refractivity contribution in [3.63, 3.8) is 0 Å². The summed E-state index contributed by atoms with van der Waals surface area (Å²) in [6.07, 6.45) is 0. The Balaban J connectivity index is 0.000000269. The van der Waals surface area contributed by atoms with Crippen LogP contribution in [0.3, 0.4) is 0 Å². The molecule has 6 rings (SSSR count). The van der Waals surface area contributed by atoms with E-state index in [1.54, 1.807) is 9.36 Å². The van der Waals surface area contributed by atoms with Crippen molar-refractivity contribution in [1.82, 2.24) is 44.6 Å². The highest BCUT2D eigenvalue weighted by Crippen LogP contribution is 2.19. The first-order valence-electron chi connectivity index (χ1n) is 15.0. The number of hydrogen-bond acceptors (Lipinski definition) is 10. The largest absolute Gasteiger partial charge is 0.369 e. The summed E-state index contributed by atoms with van der Waals surface area (Å²) in [5.41, 5.74) is 3.55. The molecule has 4 heterocycles. The SMILES string of the molecule is C.C.CN1CCNCC1.Cc1nc(C#N)nn1Cc1cccc(Br)c1.Cc1nc(C#N)nn1Cc1cccc(N2CCN(C)CC2)c1. The Morgan fingerprint density at radius 2 is 1.21 bits per heavy atom. The molecule has 2 aromatic carbocycles. The summed E-state index contributed by atoms with van der Waals surface area (Å²) in [6.45, 7) is 14.0. The van der Waals surface area contributed by atoms with Crippen LogP contribution in [0.25, 0.3) is 0 Å². The molecule has 0 aliphatic carbocycles. The summed E-state index contributed by atoms with van der Waals surface area (Å²) >= 11 is 3.42. The lowest BCUT2D eigenvalue weighted by atomic mass is 10.1. The molecule has 2 saturated heterocycles. The molecule has 13 heteroatoms. The molecule has 2 aliphatic rings. The summed E-state index contributed by atoms with van der Waals surface area (Å²) in [4.78, 5) is 15.2. The van der Waals surface area contributed by atoms with Crippen LogP contribution in [0.1, 0.15) is 49.3 Å². The highest BCUT2D eigenvalue weighted by molar-refractivity contribution is 9.10. The fraction of sp³-hybridized carbons (Fsp3) is 0.471. The third kappa shape index (κ3) is 12.2. The van der Waals surface area contributed by atoms with E-state index in [-0.39, 0.29) is 26.5 Å². The molecule has 0 spiro atoms. The first-order chi connectivity index (χ1) is 21.7. The smallest absolute Gasteiger partial charge is 0.252 e. The summed E-state index contributed by atoms with van der Waals surface area (Å²) in [5.74, 6) is 1.96. The fourth-order valence-corrected chi connectivity index (χ4v) is 5.35. The predicted octanol–water partition coefficient (Wildman–Crippen LogP) is 4.32. The van der Waals surface area contributed by atoms with Crippen LogP contribution in [0.5, 0.6) is 0 Å². The Bertz CT molecular complexity index is 1600. The maximum atomic E-state index is 8.88. The van der Waals surface area contributed by atoms with E-state index < -0.39 is 0 Å². The van der Waals surface area contributed by atoms with Gasteiger partial charge in [0.15, 0.2) is 0 Å². The van der Waals surface area contributed by atoms with Gasteiger partial charge in [-0.2, -0.15) is 10.5 Å². The Morgan fingerprint density at radius 1 is 0.723 bits per heavy atom. The number of piperazine rings is 2. The highest BCUT2D eigenvalue weighted by atomic mass is 79.9. The first-order valence-corrected chi connectivity index (χ1v) is 15.8. The normalized spacial score (nSPS) is 14.6. The fourth-order valence-electron chi connectivity index (χ4n) is 4.91. The van der Waals surface area contributed by atoms with E-state index in [4.69, 9.17) is 10.5 Å². The first kappa shape index (κ1) is 39.0. The van der Waals surface area contributed by atoms with Gasteiger partial charge in [-0.15, -0.1) is 10.2 Å². The quantitative estimate of drug-likeness (QED) is 0.321. The third-order valence-electron chi connectivity index (χ3n) is 7.59. The number of anilines is 1. The molecule has 252 valence electrons. The van der Waals surface area contributed by atoms with Crippen LogP contribution in [-0.2, 0) is 13.1 Å². The minimum Gasteiger partial charge on any atom is -0.369 e. The highest BCUT2D eigenvalue weighted by Gasteiger charge is 2.15. The molecule has 47 heavy (non-hydrogen) atoms. The summed E-state index contributed by atoms with van der Waals surface area (Å²) in [7, 11) is 4.31. The number of nitrogens with one attached hydrogen (secondary N) is 1. The lowest BCUT2D eigenvalue weighted by molar-refractivity contribution is 0.291. The van der Waals surface area contributed by atoms with Gasteiger partial charge >= 0.3 is 0 Å². The zero-order chi connectivity index (χ0) is 32.2. The van der Waals surface area contributed by atoms with Crippen LogP contribution >= 0.6 is 15.9 Å². The molecular weight excluding hydrogens is 656 g/mol. The number of hydrogen-bond donors (Lipinski definition) is 1. The Hall–Kier alpha value is -4.14. The van der Waals surface area contributed by atoms with Gasteiger partial charge in [0.1, 0.15) is 23.8 Å². The van der Waals surface area contributed by atoms with Crippen molar-refractivity contribution < 1.29 is 0 Å². The number of aromatic nitrogens is 6. The van der Waals surface area contributed by atoms with Gasteiger partial charge in [0, 0.05) is 62.5 Å². The van der Waals surface area contributed by atoms with Crippen molar-refractivity contribution in [3.8, 4) is 12.1 Å². The molecule has 0 bridgehead atoms. The van der Waals surface area contributed by atoms with Gasteiger partial charge in [0.25, 0.3) is 11.6 Å². The molecule has 0 saturated carbocycles. The number of benzene rings is 2. The van der Waals surface area contributed by atoms with Crippen LogP contribution in [0.2, 0.25) is 0 Å². The van der Waals surface area contributed by atoms with Crippen molar-refractivity contribution in [2.45, 2.75) is 41.8 Å². The van der Waals surface area contributed by atoms with Gasteiger partial charge in [0.2, 0.25) is 0 Å². The lowest BCUT2D eigenvalue weighted by Crippen LogP contribution is -2.44. The van der Waals surface area contributed by atoms with E-state index in [0.717, 1.165) is 61.0 Å². The van der Waals surface area contributed by atoms with E-state index in [9.17, 15) is 0 Å². The standard InChI is InChI=1S/C16H20N6.C11H9BrN4.C5H12N2.2CH4/c1-13-18-16(11-17)19-22(13)12-14-4-3-5-15(10-14)21-8-6-20(2)7-9-21;1-8-14-11(6-13)15-16(8)7-9-3-2-4-10(12)5-9;1-7-4-2-6-3-5-7;;/h3-5,10H,6-9,12H2,1-2H3;2-5H,7H2,1H3;6H,2-5H2,1H3;2*1H4. The van der Waals surface area contributed by atoms with E-state index in [1.165, 1.54) is 24.3 Å². The number of likely N-dealkylation sites (N-methyl/N-ethyl adjacent to an activating group) is 2. The Labute approximate surface area is 288 Å². The maximum Gasteiger partial charge on any atom is 0.252 e. The Kier molecular flexibility index (Phi) is 16.2. The average Bonchev–Trinajstić information content (AvgIpc) is 3.59. The maximum absolute atomic E-state index is 8.88. The number of rotatable bonds is 5. The van der Waals surface area contributed by atoms with Gasteiger partial charge in [-0.3, -0.25) is 0 Å². The number of aryl methyl sites for hydroxylation is 2. The molecule has 0 radical (unpaired) electrons. The molecule has 4 aromatic rings. The number of halogens is 1. The predicted molar refractivity (Wildman–Crippen MR) is 191 cm³/mol. The van der Waals surface area contributed by atoms with Gasteiger partial charge in [-0.05, 0) is 63.3 Å². The molecule has 2 aliphatic heterocycles. The van der Waals surface area contributed by atoms with E-state index in [0.29, 0.717) is 13.1 Å². The summed E-state index contributed by atoms with van der Waals surface area (Å²) in [6, 6.07) is 20.4. The van der Waals surface area contributed by atoms with E-state index in [2.05, 4.69) is 94.5 Å². The molecule has 0 atom stereocenters. The molecule has 0 amide bonds. The van der Waals surface area contributed by atoms with E-state index in [1.807, 2.05) is 50.3 Å². The summed E-state index contributed by atoms with van der Waals surface area (Å²) < 4.78 is 4.53. The zero-order valence-electron chi connectivity index (χ0n) is 26.5. The monoisotopic (exact) mass is 704 g/mol. The second kappa shape index (κ2) is 19.5. The topological polar surface area (TPSA) is 131 Å². The lowest BCUT2D eigenvalue weighted by Gasteiger charge is -2.34. The van der Waals surface area contributed by atoms with Crippen molar-refractivity contribution in [1.29, 1.82) is 10.5 Å². The molecule has 2 fully saturated rings. The second-order valence-electron chi connectivity index (χ2n) is 11.1. The van der Waals surface area contributed by atoms with Crippen LogP contribution < -0.4 is 10.2 Å². The van der Waals surface area contributed by atoms with Crippen LogP contribution in [0.4, 0.5) is 5.69 Å². The average molecular weight is 706 g/mol. The van der Waals surface area contributed by atoms with Gasteiger partial charge in [-0.25, -0.2) is 19.3 Å². The number of nitriles is 2. The van der Waals surface area contributed by atoms with Gasteiger partial charge < -0.3 is 20.0 Å².